The second-order valence-electron chi connectivity index (χ2n) is 3.19. The van der Waals surface area contributed by atoms with Crippen molar-refractivity contribution in [1.82, 2.24) is 0 Å². The van der Waals surface area contributed by atoms with Crippen molar-refractivity contribution in [3.05, 3.63) is 24.0 Å². The maximum absolute atomic E-state index is 12.8. The minimum atomic E-state index is -0.513. The third-order valence-corrected chi connectivity index (χ3v) is 1.96. The highest BCUT2D eigenvalue weighted by molar-refractivity contribution is 5.67. The number of rotatable bonds is 1. The smallest absolute Gasteiger partial charge is 0.304 e. The van der Waals surface area contributed by atoms with Crippen LogP contribution in [0.1, 0.15) is 6.92 Å². The molecule has 0 bridgehead atoms. The average molecular weight is 211 g/mol. The zero-order valence-corrected chi connectivity index (χ0v) is 8.12. The third kappa shape index (κ3) is 2.18. The summed E-state index contributed by atoms with van der Waals surface area (Å²) < 4.78 is 23.0. The van der Waals surface area contributed by atoms with Crippen LogP contribution in [0.15, 0.2) is 18.2 Å². The molecule has 1 heterocycles. The van der Waals surface area contributed by atoms with Crippen molar-refractivity contribution in [3.8, 4) is 5.75 Å². The molecule has 0 saturated carbocycles. The Morgan fingerprint density at radius 3 is 3.20 bits per heavy atom. The van der Waals surface area contributed by atoms with Gasteiger partial charge in [0.15, 0.2) is 0 Å². The van der Waals surface area contributed by atoms with Crippen LogP contribution < -0.4 is 10.1 Å². The number of benzene rings is 1. The molecule has 0 aliphatic carbocycles. The first-order valence-corrected chi connectivity index (χ1v) is 4.51. The van der Waals surface area contributed by atoms with Gasteiger partial charge in [-0.05, 0) is 12.1 Å². The van der Waals surface area contributed by atoms with Gasteiger partial charge < -0.3 is 14.8 Å². The zero-order valence-electron chi connectivity index (χ0n) is 8.12. The van der Waals surface area contributed by atoms with Gasteiger partial charge in [0.25, 0.3) is 0 Å². The van der Waals surface area contributed by atoms with Crippen molar-refractivity contribution in [2.24, 2.45) is 0 Å². The van der Waals surface area contributed by atoms with Crippen LogP contribution in [0.2, 0.25) is 0 Å². The molecule has 1 aliphatic rings. The lowest BCUT2D eigenvalue weighted by Gasteiger charge is -2.26. The molecule has 0 aromatic heterocycles. The van der Waals surface area contributed by atoms with Gasteiger partial charge in [0.1, 0.15) is 18.2 Å². The van der Waals surface area contributed by atoms with Gasteiger partial charge in [0.2, 0.25) is 6.23 Å². The molecule has 0 unspecified atom stereocenters. The number of hydrogen-bond acceptors (Lipinski definition) is 4. The van der Waals surface area contributed by atoms with Crippen LogP contribution in [0.3, 0.4) is 0 Å². The van der Waals surface area contributed by atoms with Crippen molar-refractivity contribution >= 4 is 11.7 Å². The molecule has 1 N–H and O–H groups in total. The highest BCUT2D eigenvalue weighted by atomic mass is 19.1. The topological polar surface area (TPSA) is 47.6 Å². The van der Waals surface area contributed by atoms with Crippen LogP contribution in [0.4, 0.5) is 10.1 Å². The Morgan fingerprint density at radius 2 is 2.47 bits per heavy atom. The second-order valence-corrected chi connectivity index (χ2v) is 3.19. The summed E-state index contributed by atoms with van der Waals surface area (Å²) >= 11 is 0. The molecule has 1 aliphatic heterocycles. The van der Waals surface area contributed by atoms with Crippen molar-refractivity contribution in [3.63, 3.8) is 0 Å². The minimum Gasteiger partial charge on any atom is -0.485 e. The summed E-state index contributed by atoms with van der Waals surface area (Å²) in [6, 6.07) is 4.14. The minimum absolute atomic E-state index is 0.177. The molecule has 0 radical (unpaired) electrons. The molecule has 0 amide bonds. The molecule has 1 atom stereocenters. The lowest BCUT2D eigenvalue weighted by molar-refractivity contribution is -0.146. The number of nitrogens with one attached hydrogen (secondary N) is 1. The van der Waals surface area contributed by atoms with Gasteiger partial charge in [-0.25, -0.2) is 4.39 Å². The molecule has 80 valence electrons. The van der Waals surface area contributed by atoms with E-state index >= 15 is 0 Å². The number of fused-ring (bicyclic) bond motifs is 1. The Labute approximate surface area is 86.0 Å². The number of ether oxygens (including phenoxy) is 2. The lowest BCUT2D eigenvalue weighted by Crippen LogP contribution is -2.35. The first kappa shape index (κ1) is 9.76. The van der Waals surface area contributed by atoms with Gasteiger partial charge >= 0.3 is 5.97 Å². The van der Waals surface area contributed by atoms with E-state index in [9.17, 15) is 9.18 Å². The van der Waals surface area contributed by atoms with Gasteiger partial charge in [0, 0.05) is 13.0 Å². The Morgan fingerprint density at radius 1 is 1.67 bits per heavy atom. The fourth-order valence-electron chi connectivity index (χ4n) is 1.38. The second kappa shape index (κ2) is 3.76. The Bertz CT molecular complexity index is 394. The largest absolute Gasteiger partial charge is 0.485 e. The average Bonchev–Trinajstić information content (AvgIpc) is 2.17. The van der Waals surface area contributed by atoms with E-state index in [2.05, 4.69) is 5.32 Å². The molecule has 1 aromatic carbocycles. The van der Waals surface area contributed by atoms with E-state index in [-0.39, 0.29) is 18.4 Å². The maximum atomic E-state index is 12.8. The van der Waals surface area contributed by atoms with E-state index in [1.807, 2.05) is 0 Å². The number of halogens is 1. The van der Waals surface area contributed by atoms with Crippen molar-refractivity contribution in [2.45, 2.75) is 13.2 Å². The normalized spacial score (nSPS) is 18.4. The van der Waals surface area contributed by atoms with E-state index in [0.29, 0.717) is 11.4 Å². The highest BCUT2D eigenvalue weighted by Gasteiger charge is 2.20. The predicted molar refractivity (Wildman–Crippen MR) is 51.1 cm³/mol. The molecule has 15 heavy (non-hydrogen) atoms. The van der Waals surface area contributed by atoms with Crippen LogP contribution in [-0.4, -0.2) is 18.8 Å². The Hall–Kier alpha value is -1.78. The fourth-order valence-corrected chi connectivity index (χ4v) is 1.38. The van der Waals surface area contributed by atoms with Crippen molar-refractivity contribution in [1.29, 1.82) is 0 Å². The van der Waals surface area contributed by atoms with Crippen molar-refractivity contribution < 1.29 is 18.7 Å². The van der Waals surface area contributed by atoms with Crippen LogP contribution in [0.25, 0.3) is 0 Å². The number of hydrogen-bond donors (Lipinski definition) is 1. The van der Waals surface area contributed by atoms with E-state index in [1.54, 1.807) is 6.07 Å². The first-order chi connectivity index (χ1) is 7.15. The molecule has 4 nitrogen and oxygen atoms in total. The molecular formula is C10H10FNO3. The third-order valence-electron chi connectivity index (χ3n) is 1.96. The highest BCUT2D eigenvalue weighted by Crippen LogP contribution is 2.29. The van der Waals surface area contributed by atoms with Crippen LogP contribution in [0.5, 0.6) is 5.75 Å². The molecule has 0 fully saturated rings. The molecule has 0 saturated heterocycles. The Balaban J connectivity index is 2.13. The summed E-state index contributed by atoms with van der Waals surface area (Å²) in [6.07, 6.45) is -0.513. The number of carbonyl (C=O) groups is 1. The molecule has 1 aromatic rings. The predicted octanol–water partition coefficient (Wildman–Crippen LogP) is 1.52. The monoisotopic (exact) mass is 211 g/mol. The van der Waals surface area contributed by atoms with Crippen LogP contribution in [-0.2, 0) is 9.53 Å². The van der Waals surface area contributed by atoms with Gasteiger partial charge in [-0.2, -0.15) is 0 Å². The molecule has 5 heteroatoms. The van der Waals surface area contributed by atoms with Gasteiger partial charge in [-0.1, -0.05) is 0 Å². The molecular weight excluding hydrogens is 201 g/mol. The van der Waals surface area contributed by atoms with E-state index < -0.39 is 6.23 Å². The molecule has 2 rings (SSSR count). The summed E-state index contributed by atoms with van der Waals surface area (Å²) in [5, 5.41) is 2.92. The number of anilines is 1. The van der Waals surface area contributed by atoms with E-state index in [0.717, 1.165) is 0 Å². The van der Waals surface area contributed by atoms with E-state index in [4.69, 9.17) is 9.47 Å². The quantitative estimate of drug-likeness (QED) is 0.715. The first-order valence-electron chi connectivity index (χ1n) is 4.51. The SMILES string of the molecule is CC(=O)O[C@H]1COc2cc(F)ccc2N1. The van der Waals surface area contributed by atoms with E-state index in [1.165, 1.54) is 19.1 Å². The summed E-state index contributed by atoms with van der Waals surface area (Å²) in [5.41, 5.74) is 0.619. The zero-order chi connectivity index (χ0) is 10.8. The standard InChI is InChI=1S/C10H10FNO3/c1-6(13)15-10-5-14-9-4-7(11)2-3-8(9)12-10/h2-4,10,12H,5H2,1H3/t10-/m0/s1. The van der Waals surface area contributed by atoms with Crippen LogP contribution >= 0.6 is 0 Å². The fraction of sp³-hybridized carbons (Fsp3) is 0.300. The van der Waals surface area contributed by atoms with Gasteiger partial charge in [0.05, 0.1) is 5.69 Å². The molecule has 0 spiro atoms. The van der Waals surface area contributed by atoms with Gasteiger partial charge in [-0.15, -0.1) is 0 Å². The number of carbonyl (C=O) groups excluding carboxylic acids is 1. The summed E-state index contributed by atoms with van der Waals surface area (Å²) in [4.78, 5) is 10.7. The van der Waals surface area contributed by atoms with Crippen molar-refractivity contribution in [2.75, 3.05) is 11.9 Å². The maximum Gasteiger partial charge on any atom is 0.304 e. The summed E-state index contributed by atoms with van der Waals surface area (Å²) in [6.45, 7) is 1.50. The number of esters is 1. The van der Waals surface area contributed by atoms with Gasteiger partial charge in [-0.3, -0.25) is 4.79 Å². The van der Waals surface area contributed by atoms with Crippen LogP contribution in [0, 0.1) is 5.82 Å². The summed E-state index contributed by atoms with van der Waals surface area (Å²) in [5.74, 6) is -0.318. The Kier molecular flexibility index (Phi) is 2.45. The lowest BCUT2D eigenvalue weighted by atomic mass is 10.2. The summed E-state index contributed by atoms with van der Waals surface area (Å²) in [7, 11) is 0.